The maximum absolute atomic E-state index is 10.8. The number of aromatic nitrogens is 1. The van der Waals surface area contributed by atoms with Crippen molar-refractivity contribution in [1.82, 2.24) is 4.98 Å². The van der Waals surface area contributed by atoms with Crippen LogP contribution in [0.5, 0.6) is 0 Å². The number of para-hydroxylation sites is 1. The third-order valence-corrected chi connectivity index (χ3v) is 3.08. The maximum Gasteiger partial charge on any atom is 0.240 e. The predicted octanol–water partition coefficient (Wildman–Crippen LogP) is 1.06. The van der Waals surface area contributed by atoms with Crippen LogP contribution < -0.4 is 10.9 Å². The molecule has 0 saturated carbocycles. The number of nitrogen functional groups attached to an aromatic ring is 1. The Hall–Kier alpha value is -1.44. The van der Waals surface area contributed by atoms with Gasteiger partial charge in [-0.3, -0.25) is 4.98 Å². The number of anilines is 1. The molecule has 0 bridgehead atoms. The second-order valence-corrected chi connectivity index (χ2v) is 5.04. The number of thiazole rings is 1. The van der Waals surface area contributed by atoms with E-state index in [0.29, 0.717) is 0 Å². The van der Waals surface area contributed by atoms with Gasteiger partial charge in [-0.25, -0.2) is 13.6 Å². The average molecular weight is 257 g/mol. The SMILES string of the molecule is Nc1ccccc1S(N)(=O)=O.c1cscn1. The Morgan fingerprint density at radius 1 is 1.25 bits per heavy atom. The van der Waals surface area contributed by atoms with Crippen molar-refractivity contribution in [2.75, 3.05) is 5.73 Å². The van der Waals surface area contributed by atoms with Gasteiger partial charge in [0.25, 0.3) is 0 Å². The summed E-state index contributed by atoms with van der Waals surface area (Å²) in [5.41, 5.74) is 7.32. The lowest BCUT2D eigenvalue weighted by atomic mass is 10.3. The quantitative estimate of drug-likeness (QED) is 0.746. The van der Waals surface area contributed by atoms with Gasteiger partial charge in [0.15, 0.2) is 0 Å². The van der Waals surface area contributed by atoms with Crippen LogP contribution in [0.25, 0.3) is 0 Å². The van der Waals surface area contributed by atoms with Crippen LogP contribution in [-0.2, 0) is 10.0 Å². The van der Waals surface area contributed by atoms with E-state index in [9.17, 15) is 8.42 Å². The van der Waals surface area contributed by atoms with Gasteiger partial charge in [-0.2, -0.15) is 0 Å². The van der Waals surface area contributed by atoms with E-state index in [2.05, 4.69) is 4.98 Å². The van der Waals surface area contributed by atoms with Gasteiger partial charge in [0, 0.05) is 11.6 Å². The molecule has 1 heterocycles. The van der Waals surface area contributed by atoms with Crippen LogP contribution in [0.4, 0.5) is 5.69 Å². The van der Waals surface area contributed by atoms with E-state index in [4.69, 9.17) is 10.9 Å². The predicted molar refractivity (Wildman–Crippen MR) is 64.3 cm³/mol. The van der Waals surface area contributed by atoms with Crippen molar-refractivity contribution < 1.29 is 8.42 Å². The minimum atomic E-state index is -3.66. The van der Waals surface area contributed by atoms with Gasteiger partial charge in [-0.1, -0.05) is 12.1 Å². The fourth-order valence-electron chi connectivity index (χ4n) is 0.915. The van der Waals surface area contributed by atoms with E-state index in [0.717, 1.165) is 0 Å². The van der Waals surface area contributed by atoms with Gasteiger partial charge in [-0.15, -0.1) is 11.3 Å². The summed E-state index contributed by atoms with van der Waals surface area (Å²) in [5, 5.41) is 6.78. The Balaban J connectivity index is 0.000000212. The van der Waals surface area contributed by atoms with Crippen LogP contribution >= 0.6 is 11.3 Å². The molecule has 0 saturated heterocycles. The molecule has 1 aromatic carbocycles. The zero-order valence-corrected chi connectivity index (χ0v) is 9.91. The molecule has 2 aromatic rings. The molecule has 86 valence electrons. The molecule has 0 aliphatic carbocycles. The molecule has 16 heavy (non-hydrogen) atoms. The zero-order chi connectivity index (χ0) is 12.0. The van der Waals surface area contributed by atoms with Gasteiger partial charge in [0.1, 0.15) is 4.90 Å². The minimum Gasteiger partial charge on any atom is -0.398 e. The fraction of sp³-hybridized carbons (Fsp3) is 0. The van der Waals surface area contributed by atoms with Crippen LogP contribution in [-0.4, -0.2) is 13.4 Å². The third-order valence-electron chi connectivity index (χ3n) is 1.57. The molecule has 0 spiro atoms. The molecule has 0 aliphatic rings. The first-order chi connectivity index (χ1) is 7.52. The van der Waals surface area contributed by atoms with E-state index in [-0.39, 0.29) is 10.6 Å². The Morgan fingerprint density at radius 3 is 2.25 bits per heavy atom. The molecule has 0 atom stereocenters. The third kappa shape index (κ3) is 3.97. The molecule has 1 aromatic heterocycles. The Morgan fingerprint density at radius 2 is 1.94 bits per heavy atom. The van der Waals surface area contributed by atoms with E-state index in [1.54, 1.807) is 35.2 Å². The molecule has 0 aliphatic heterocycles. The van der Waals surface area contributed by atoms with Crippen molar-refractivity contribution in [2.24, 2.45) is 5.14 Å². The van der Waals surface area contributed by atoms with Crippen molar-refractivity contribution in [3.63, 3.8) is 0 Å². The number of nitrogens with two attached hydrogens (primary N) is 2. The number of nitrogens with zero attached hydrogens (tertiary/aromatic N) is 1. The second-order valence-electron chi connectivity index (χ2n) is 2.76. The number of benzene rings is 1. The summed E-state index contributed by atoms with van der Waals surface area (Å²) < 4.78 is 21.5. The lowest BCUT2D eigenvalue weighted by Crippen LogP contribution is -2.13. The summed E-state index contributed by atoms with van der Waals surface area (Å²) in [4.78, 5) is 3.71. The monoisotopic (exact) mass is 257 g/mol. The lowest BCUT2D eigenvalue weighted by Gasteiger charge is -2.00. The van der Waals surface area contributed by atoms with Crippen molar-refractivity contribution in [1.29, 1.82) is 0 Å². The summed E-state index contributed by atoms with van der Waals surface area (Å²) >= 11 is 1.60. The first-order valence-electron chi connectivity index (χ1n) is 4.21. The van der Waals surface area contributed by atoms with E-state index in [1.807, 2.05) is 5.38 Å². The van der Waals surface area contributed by atoms with Crippen LogP contribution in [0.3, 0.4) is 0 Å². The van der Waals surface area contributed by atoms with Gasteiger partial charge < -0.3 is 5.73 Å². The van der Waals surface area contributed by atoms with Crippen molar-refractivity contribution in [3.8, 4) is 0 Å². The van der Waals surface area contributed by atoms with Gasteiger partial charge in [-0.05, 0) is 12.1 Å². The molecule has 7 heteroatoms. The molecule has 5 nitrogen and oxygen atoms in total. The summed E-state index contributed by atoms with van der Waals surface area (Å²) in [7, 11) is -3.66. The van der Waals surface area contributed by atoms with Gasteiger partial charge in [0.2, 0.25) is 10.0 Å². The summed E-state index contributed by atoms with van der Waals surface area (Å²) in [6.07, 6.45) is 1.77. The van der Waals surface area contributed by atoms with E-state index < -0.39 is 10.0 Å². The largest absolute Gasteiger partial charge is 0.398 e. The summed E-state index contributed by atoms with van der Waals surface area (Å²) in [6, 6.07) is 6.06. The first kappa shape index (κ1) is 12.6. The fourth-order valence-corrected chi connectivity index (χ4v) is 1.93. The smallest absolute Gasteiger partial charge is 0.240 e. The molecule has 4 N–H and O–H groups in total. The molecule has 0 amide bonds. The van der Waals surface area contributed by atoms with Crippen molar-refractivity contribution in [2.45, 2.75) is 4.90 Å². The van der Waals surface area contributed by atoms with Crippen molar-refractivity contribution >= 4 is 27.0 Å². The van der Waals surface area contributed by atoms with Crippen LogP contribution in [0.1, 0.15) is 0 Å². The lowest BCUT2D eigenvalue weighted by molar-refractivity contribution is 0.598. The number of hydrogen-bond donors (Lipinski definition) is 2. The Kier molecular flexibility index (Phi) is 4.41. The van der Waals surface area contributed by atoms with Crippen LogP contribution in [0.15, 0.2) is 46.2 Å². The molecule has 0 fully saturated rings. The van der Waals surface area contributed by atoms with Crippen LogP contribution in [0.2, 0.25) is 0 Å². The molecule has 0 radical (unpaired) electrons. The Labute approximate surface area is 97.8 Å². The number of sulfonamides is 1. The Bertz CT molecular complexity index is 506. The minimum absolute atomic E-state index is 0.0278. The highest BCUT2D eigenvalue weighted by Gasteiger charge is 2.09. The summed E-state index contributed by atoms with van der Waals surface area (Å²) in [6.45, 7) is 0. The highest BCUT2D eigenvalue weighted by atomic mass is 32.2. The number of hydrogen-bond acceptors (Lipinski definition) is 5. The average Bonchev–Trinajstić information content (AvgIpc) is 2.74. The number of rotatable bonds is 1. The van der Waals surface area contributed by atoms with Gasteiger partial charge >= 0.3 is 0 Å². The van der Waals surface area contributed by atoms with E-state index in [1.165, 1.54) is 12.1 Å². The highest BCUT2D eigenvalue weighted by Crippen LogP contribution is 2.14. The second kappa shape index (κ2) is 5.59. The zero-order valence-electron chi connectivity index (χ0n) is 8.28. The molecule has 2 rings (SSSR count). The number of primary sulfonamides is 1. The summed E-state index contributed by atoms with van der Waals surface area (Å²) in [5.74, 6) is 0. The first-order valence-corrected chi connectivity index (χ1v) is 6.70. The van der Waals surface area contributed by atoms with Crippen LogP contribution in [0, 0.1) is 0 Å². The molecule has 0 unspecified atom stereocenters. The topological polar surface area (TPSA) is 99.1 Å². The molecular weight excluding hydrogens is 246 g/mol. The molecular formula is C9H11N3O2S2. The van der Waals surface area contributed by atoms with Crippen molar-refractivity contribution in [3.05, 3.63) is 41.4 Å². The van der Waals surface area contributed by atoms with Gasteiger partial charge in [0.05, 0.1) is 11.2 Å². The highest BCUT2D eigenvalue weighted by molar-refractivity contribution is 7.89. The maximum atomic E-state index is 10.8. The van der Waals surface area contributed by atoms with E-state index >= 15 is 0 Å². The normalized spacial score (nSPS) is 10.3. The standard InChI is InChI=1S/C6H8N2O2S.C3H3NS/c7-5-3-1-2-4-6(5)11(8,9)10;1-2-5-3-4-1/h1-4H,7H2,(H2,8,9,10);1-3H.